The van der Waals surface area contributed by atoms with Crippen LogP contribution >= 0.6 is 0 Å². The smallest absolute Gasteiger partial charge is 0.280 e. The normalized spacial score (nSPS) is 12.7. The van der Waals surface area contributed by atoms with Crippen molar-refractivity contribution < 1.29 is 19.2 Å². The van der Waals surface area contributed by atoms with E-state index in [1.54, 1.807) is 31.2 Å². The topological polar surface area (TPSA) is 63.1 Å². The summed E-state index contributed by atoms with van der Waals surface area (Å²) in [4.78, 5) is 27.5. The first-order valence-electron chi connectivity index (χ1n) is 8.96. The fourth-order valence-corrected chi connectivity index (χ4v) is 2.79. The van der Waals surface area contributed by atoms with Crippen LogP contribution in [-0.2, 0) is 16.1 Å². The fourth-order valence-electron chi connectivity index (χ4n) is 2.79. The molecule has 2 aromatic carbocycles. The Morgan fingerprint density at radius 1 is 1.15 bits per heavy atom. The van der Waals surface area contributed by atoms with Gasteiger partial charge in [0.2, 0.25) is 0 Å². The number of quaternary nitrogens is 1. The maximum atomic E-state index is 12.7. The van der Waals surface area contributed by atoms with E-state index in [4.69, 9.17) is 4.74 Å². The highest BCUT2D eigenvalue weighted by atomic mass is 16.5. The van der Waals surface area contributed by atoms with Crippen molar-refractivity contribution in [3.8, 4) is 5.75 Å². The second kappa shape index (κ2) is 9.73. The van der Waals surface area contributed by atoms with Crippen molar-refractivity contribution in [3.05, 3.63) is 60.2 Å². The van der Waals surface area contributed by atoms with Gasteiger partial charge in [-0.15, -0.1) is 0 Å². The summed E-state index contributed by atoms with van der Waals surface area (Å²) < 4.78 is 5.16. The van der Waals surface area contributed by atoms with E-state index in [0.717, 1.165) is 10.5 Å². The molecular weight excluding hydrogens is 342 g/mol. The Hall–Kier alpha value is -2.86. The van der Waals surface area contributed by atoms with Crippen LogP contribution in [0.25, 0.3) is 0 Å². The zero-order valence-electron chi connectivity index (χ0n) is 16.4. The van der Waals surface area contributed by atoms with Crippen LogP contribution in [0.3, 0.4) is 0 Å². The largest absolute Gasteiger partial charge is 0.497 e. The minimum absolute atomic E-state index is 0.00512. The number of anilines is 1. The summed E-state index contributed by atoms with van der Waals surface area (Å²) in [6.45, 7) is 2.59. The lowest BCUT2D eigenvalue weighted by Crippen LogP contribution is -3.15. The first-order valence-corrected chi connectivity index (χ1v) is 8.96. The van der Waals surface area contributed by atoms with Gasteiger partial charge >= 0.3 is 0 Å². The highest BCUT2D eigenvalue weighted by Crippen LogP contribution is 2.16. The lowest BCUT2D eigenvalue weighted by molar-refractivity contribution is -0.886. The summed E-state index contributed by atoms with van der Waals surface area (Å²) in [6, 6.07) is 16.7. The lowest BCUT2D eigenvalue weighted by Gasteiger charge is -2.25. The number of ether oxygens (including phenoxy) is 1. The van der Waals surface area contributed by atoms with Gasteiger partial charge in [0.1, 0.15) is 5.75 Å². The van der Waals surface area contributed by atoms with Crippen molar-refractivity contribution in [2.24, 2.45) is 0 Å². The van der Waals surface area contributed by atoms with Gasteiger partial charge in [0.15, 0.2) is 12.6 Å². The van der Waals surface area contributed by atoms with E-state index in [2.05, 4.69) is 5.32 Å². The first-order chi connectivity index (χ1) is 12.9. The van der Waals surface area contributed by atoms with E-state index in [-0.39, 0.29) is 24.4 Å². The molecule has 0 heterocycles. The molecule has 1 unspecified atom stereocenters. The molecule has 0 fully saturated rings. The highest BCUT2D eigenvalue weighted by molar-refractivity contribution is 5.91. The predicted octanol–water partition coefficient (Wildman–Crippen LogP) is 1.20. The van der Waals surface area contributed by atoms with Gasteiger partial charge in [0.25, 0.3) is 11.8 Å². The summed E-state index contributed by atoms with van der Waals surface area (Å²) in [5, 5.41) is 2.85. The van der Waals surface area contributed by atoms with Gasteiger partial charge in [-0.05, 0) is 24.6 Å². The number of nitrogens with one attached hydrogen (secondary N) is 2. The van der Waals surface area contributed by atoms with Crippen LogP contribution in [0.5, 0.6) is 5.75 Å². The third-order valence-electron chi connectivity index (χ3n) is 4.54. The minimum atomic E-state index is -0.324. The predicted molar refractivity (Wildman–Crippen MR) is 106 cm³/mol. The number of likely N-dealkylation sites (N-methyl/N-ethyl adjacent to an activating group) is 2. The maximum absolute atomic E-state index is 12.7. The van der Waals surface area contributed by atoms with Gasteiger partial charge in [-0.2, -0.15) is 0 Å². The molecule has 2 amide bonds. The molecule has 2 aromatic rings. The van der Waals surface area contributed by atoms with Crippen LogP contribution in [0.4, 0.5) is 5.69 Å². The molecule has 6 nitrogen and oxygen atoms in total. The van der Waals surface area contributed by atoms with Gasteiger partial charge in [-0.25, -0.2) is 0 Å². The molecule has 2 atom stereocenters. The van der Waals surface area contributed by atoms with Gasteiger partial charge in [0.05, 0.1) is 14.2 Å². The Labute approximate surface area is 160 Å². The fraction of sp³-hybridized carbons (Fsp3) is 0.333. The molecule has 6 heteroatoms. The molecule has 27 heavy (non-hydrogen) atoms. The summed E-state index contributed by atoms with van der Waals surface area (Å²) >= 11 is 0. The molecule has 0 aliphatic rings. The Morgan fingerprint density at radius 3 is 2.52 bits per heavy atom. The van der Waals surface area contributed by atoms with Crippen molar-refractivity contribution in [1.29, 1.82) is 0 Å². The average molecular weight is 370 g/mol. The molecule has 0 spiro atoms. The molecule has 0 radical (unpaired) electrons. The maximum Gasteiger partial charge on any atom is 0.280 e. The molecule has 2 rings (SSSR count). The first kappa shape index (κ1) is 20.5. The van der Waals surface area contributed by atoms with E-state index < -0.39 is 0 Å². The van der Waals surface area contributed by atoms with Crippen LogP contribution in [0.2, 0.25) is 0 Å². The Bertz CT molecular complexity index is 764. The van der Waals surface area contributed by atoms with Crippen LogP contribution in [0, 0.1) is 0 Å². The summed E-state index contributed by atoms with van der Waals surface area (Å²) in [5.41, 5.74) is 1.75. The Kier molecular flexibility index (Phi) is 7.37. The van der Waals surface area contributed by atoms with Gasteiger partial charge in [-0.1, -0.05) is 36.4 Å². The number of hydrogen-bond donors (Lipinski definition) is 2. The number of carbonyl (C=O) groups excluding carboxylic acids is 2. The van der Waals surface area contributed by atoms with Crippen molar-refractivity contribution in [2.45, 2.75) is 19.5 Å². The quantitative estimate of drug-likeness (QED) is 0.734. The molecule has 0 saturated carbocycles. The summed E-state index contributed by atoms with van der Waals surface area (Å²) in [7, 11) is 5.22. The molecule has 2 N–H and O–H groups in total. The molecule has 0 bridgehead atoms. The Balaban J connectivity index is 1.88. The monoisotopic (exact) mass is 370 g/mol. The van der Waals surface area contributed by atoms with E-state index in [1.165, 1.54) is 0 Å². The standard InChI is InChI=1S/C21H27N3O3/c1-16(21(26)24(3)14-17-9-6-5-7-10-17)23(2)15-20(25)22-18-11-8-12-19(13-18)27-4/h5-13,16H,14-15H2,1-4H3,(H,22,25)/p+1/t16-/m1/s1. The molecular formula is C21H28N3O3+. The molecule has 0 aliphatic heterocycles. The zero-order chi connectivity index (χ0) is 19.8. The van der Waals surface area contributed by atoms with Crippen LogP contribution < -0.4 is 15.0 Å². The molecule has 0 aliphatic carbocycles. The van der Waals surface area contributed by atoms with Crippen LogP contribution in [0.15, 0.2) is 54.6 Å². The lowest BCUT2D eigenvalue weighted by atomic mass is 10.2. The second-order valence-corrected chi connectivity index (χ2v) is 6.70. The van der Waals surface area contributed by atoms with E-state index in [1.807, 2.05) is 56.4 Å². The number of nitrogens with zero attached hydrogens (tertiary/aromatic N) is 1. The summed E-state index contributed by atoms with van der Waals surface area (Å²) in [6.07, 6.45) is 0. The van der Waals surface area contributed by atoms with Crippen LogP contribution in [0.1, 0.15) is 12.5 Å². The SMILES string of the molecule is COc1cccc(NC(=O)C[NH+](C)[C@H](C)C(=O)N(C)Cc2ccccc2)c1. The van der Waals surface area contributed by atoms with E-state index in [9.17, 15) is 9.59 Å². The number of amides is 2. The van der Waals surface area contributed by atoms with Gasteiger partial charge in [-0.3, -0.25) is 9.59 Å². The minimum Gasteiger partial charge on any atom is -0.497 e. The van der Waals surface area contributed by atoms with E-state index in [0.29, 0.717) is 18.0 Å². The van der Waals surface area contributed by atoms with Crippen molar-refractivity contribution in [3.63, 3.8) is 0 Å². The van der Waals surface area contributed by atoms with Gasteiger partial charge < -0.3 is 19.9 Å². The average Bonchev–Trinajstić information content (AvgIpc) is 2.67. The number of hydrogen-bond acceptors (Lipinski definition) is 3. The number of methoxy groups -OCH3 is 1. The Morgan fingerprint density at radius 2 is 1.85 bits per heavy atom. The van der Waals surface area contributed by atoms with Crippen LogP contribution in [-0.4, -0.2) is 50.5 Å². The molecule has 144 valence electrons. The molecule has 0 aromatic heterocycles. The zero-order valence-corrected chi connectivity index (χ0v) is 16.4. The second-order valence-electron chi connectivity index (χ2n) is 6.70. The van der Waals surface area contributed by atoms with Crippen molar-refractivity contribution in [1.82, 2.24) is 4.90 Å². The van der Waals surface area contributed by atoms with E-state index >= 15 is 0 Å². The van der Waals surface area contributed by atoms with Gasteiger partial charge in [0, 0.05) is 25.3 Å². The number of rotatable bonds is 8. The molecule has 0 saturated heterocycles. The number of benzene rings is 2. The third-order valence-corrected chi connectivity index (χ3v) is 4.54. The number of carbonyl (C=O) groups is 2. The third kappa shape index (κ3) is 6.11. The van der Waals surface area contributed by atoms with Crippen molar-refractivity contribution in [2.75, 3.05) is 33.1 Å². The summed E-state index contributed by atoms with van der Waals surface area (Å²) in [5.74, 6) is 0.538. The van der Waals surface area contributed by atoms with Crippen molar-refractivity contribution >= 4 is 17.5 Å². The highest BCUT2D eigenvalue weighted by Gasteiger charge is 2.26.